The van der Waals surface area contributed by atoms with Crippen molar-refractivity contribution in [1.29, 1.82) is 0 Å². The zero-order valence-electron chi connectivity index (χ0n) is 24.3. The molecule has 0 N–H and O–H groups in total. The van der Waals surface area contributed by atoms with Crippen molar-refractivity contribution in [2.24, 2.45) is 11.8 Å². The number of aryl methyl sites for hydroxylation is 1. The van der Waals surface area contributed by atoms with E-state index < -0.39 is 0 Å². The molecule has 2 fully saturated rings. The Kier molecular flexibility index (Phi) is 26.8. The third-order valence-corrected chi connectivity index (χ3v) is 6.32. The molecule has 0 radical (unpaired) electrons. The quantitative estimate of drug-likeness (QED) is 0.373. The molecular formula is C31H62N2. The molecule has 0 unspecified atom stereocenters. The van der Waals surface area contributed by atoms with Gasteiger partial charge in [0.05, 0.1) is 0 Å². The molecule has 2 heterocycles. The summed E-state index contributed by atoms with van der Waals surface area (Å²) in [5.74, 6) is 1.93. The second-order valence-corrected chi connectivity index (χ2v) is 8.99. The third kappa shape index (κ3) is 19.2. The van der Waals surface area contributed by atoms with Gasteiger partial charge >= 0.3 is 0 Å². The van der Waals surface area contributed by atoms with Crippen molar-refractivity contribution in [1.82, 2.24) is 9.80 Å². The minimum atomic E-state index is 0.954. The number of hydrogen-bond acceptors (Lipinski definition) is 2. The van der Waals surface area contributed by atoms with Crippen molar-refractivity contribution in [3.63, 3.8) is 0 Å². The van der Waals surface area contributed by atoms with Crippen LogP contribution in [-0.2, 0) is 6.42 Å². The number of unbranched alkanes of at least 4 members (excludes halogenated alkanes) is 1. The number of piperidine rings is 2. The molecule has 196 valence electrons. The van der Waals surface area contributed by atoms with E-state index in [1.54, 1.807) is 0 Å². The molecule has 33 heavy (non-hydrogen) atoms. The Labute approximate surface area is 210 Å². The molecule has 2 aliphatic heterocycles. The number of likely N-dealkylation sites (tertiary alicyclic amines) is 2. The SMILES string of the molecule is CC.CC.CC.CC1CCN(CCCCc2ccccc2)CC1.CCCN1CCC(C)CC1. The fraction of sp³-hybridized carbons (Fsp3) is 0.806. The van der Waals surface area contributed by atoms with Gasteiger partial charge in [-0.1, -0.05) is 92.6 Å². The fourth-order valence-electron chi connectivity index (χ4n) is 4.20. The molecule has 1 aromatic rings. The summed E-state index contributed by atoms with van der Waals surface area (Å²) in [6.45, 7) is 27.0. The van der Waals surface area contributed by atoms with Gasteiger partial charge in [0.2, 0.25) is 0 Å². The first-order valence-electron chi connectivity index (χ1n) is 14.7. The van der Waals surface area contributed by atoms with Crippen LogP contribution >= 0.6 is 0 Å². The average Bonchev–Trinajstić information content (AvgIpc) is 2.89. The topological polar surface area (TPSA) is 6.48 Å². The van der Waals surface area contributed by atoms with Crippen molar-refractivity contribution in [3.8, 4) is 0 Å². The minimum Gasteiger partial charge on any atom is -0.303 e. The normalized spacial score (nSPS) is 17.1. The average molecular weight is 463 g/mol. The van der Waals surface area contributed by atoms with Crippen LogP contribution in [0, 0.1) is 11.8 Å². The van der Waals surface area contributed by atoms with Gasteiger partial charge < -0.3 is 9.80 Å². The lowest BCUT2D eigenvalue weighted by Crippen LogP contribution is -2.33. The van der Waals surface area contributed by atoms with Crippen LogP contribution in [0.3, 0.4) is 0 Å². The van der Waals surface area contributed by atoms with Crippen molar-refractivity contribution in [3.05, 3.63) is 35.9 Å². The molecule has 0 amide bonds. The van der Waals surface area contributed by atoms with Crippen LogP contribution < -0.4 is 0 Å². The molecule has 2 nitrogen and oxygen atoms in total. The highest BCUT2D eigenvalue weighted by atomic mass is 15.1. The van der Waals surface area contributed by atoms with E-state index in [1.165, 1.54) is 96.2 Å². The molecule has 0 atom stereocenters. The molecule has 3 rings (SSSR count). The van der Waals surface area contributed by atoms with Crippen LogP contribution in [0.25, 0.3) is 0 Å². The molecule has 1 aromatic carbocycles. The minimum absolute atomic E-state index is 0.954. The monoisotopic (exact) mass is 462 g/mol. The van der Waals surface area contributed by atoms with Crippen LogP contribution in [0.2, 0.25) is 0 Å². The zero-order chi connectivity index (χ0) is 25.3. The second-order valence-electron chi connectivity index (χ2n) is 8.99. The first-order chi connectivity index (χ1) is 16.2. The Morgan fingerprint density at radius 1 is 0.636 bits per heavy atom. The van der Waals surface area contributed by atoms with Crippen LogP contribution in [0.5, 0.6) is 0 Å². The summed E-state index contributed by atoms with van der Waals surface area (Å²) < 4.78 is 0. The van der Waals surface area contributed by atoms with Crippen LogP contribution in [0.4, 0.5) is 0 Å². The maximum absolute atomic E-state index is 2.64. The maximum Gasteiger partial charge on any atom is -0.00162 e. The molecule has 0 spiro atoms. The molecular weight excluding hydrogens is 400 g/mol. The summed E-state index contributed by atoms with van der Waals surface area (Å²) in [5, 5.41) is 0. The number of nitrogens with zero attached hydrogens (tertiary/aromatic N) is 2. The predicted molar refractivity (Wildman–Crippen MR) is 153 cm³/mol. The van der Waals surface area contributed by atoms with Crippen molar-refractivity contribution < 1.29 is 0 Å². The first kappa shape index (κ1) is 34.3. The lowest BCUT2D eigenvalue weighted by molar-refractivity contribution is 0.189. The van der Waals surface area contributed by atoms with Crippen molar-refractivity contribution in [2.75, 3.05) is 39.3 Å². The van der Waals surface area contributed by atoms with Gasteiger partial charge in [-0.15, -0.1) is 0 Å². The summed E-state index contributed by atoms with van der Waals surface area (Å²) in [5.41, 5.74) is 1.49. The smallest absolute Gasteiger partial charge is 0.00162 e. The Hall–Kier alpha value is -0.860. The van der Waals surface area contributed by atoms with Crippen LogP contribution in [0.15, 0.2) is 30.3 Å². The van der Waals surface area contributed by atoms with Gasteiger partial charge in [-0.3, -0.25) is 0 Å². The molecule has 0 aromatic heterocycles. The number of hydrogen-bond donors (Lipinski definition) is 0. The molecule has 0 bridgehead atoms. The van der Waals surface area contributed by atoms with E-state index in [0.29, 0.717) is 0 Å². The molecule has 2 aliphatic rings. The highest BCUT2D eigenvalue weighted by Gasteiger charge is 2.15. The van der Waals surface area contributed by atoms with E-state index >= 15 is 0 Å². The van der Waals surface area contributed by atoms with Gasteiger partial charge in [0.1, 0.15) is 0 Å². The highest BCUT2D eigenvalue weighted by molar-refractivity contribution is 5.14. The van der Waals surface area contributed by atoms with Gasteiger partial charge in [-0.25, -0.2) is 0 Å². The Morgan fingerprint density at radius 3 is 1.48 bits per heavy atom. The van der Waals surface area contributed by atoms with Crippen LogP contribution in [-0.4, -0.2) is 49.1 Å². The fourth-order valence-corrected chi connectivity index (χ4v) is 4.20. The van der Waals surface area contributed by atoms with E-state index in [2.05, 4.69) is 60.9 Å². The standard InChI is InChI=1S/C16H25N.C9H19N.3C2H6/c1-15-10-13-17(14-11-15)12-6-5-9-16-7-3-2-4-8-16;1-3-6-10-7-4-9(2)5-8-10;3*1-2/h2-4,7-8,15H,5-6,9-14H2,1H3;9H,3-8H2,1-2H3;3*1-2H3. The highest BCUT2D eigenvalue weighted by Crippen LogP contribution is 2.17. The number of rotatable bonds is 7. The van der Waals surface area contributed by atoms with E-state index in [0.717, 1.165) is 11.8 Å². The third-order valence-electron chi connectivity index (χ3n) is 6.32. The molecule has 0 aliphatic carbocycles. The van der Waals surface area contributed by atoms with Gasteiger partial charge in [0.25, 0.3) is 0 Å². The van der Waals surface area contributed by atoms with E-state index in [-0.39, 0.29) is 0 Å². The van der Waals surface area contributed by atoms with E-state index in [4.69, 9.17) is 0 Å². The summed E-state index contributed by atoms with van der Waals surface area (Å²) in [4.78, 5) is 5.23. The van der Waals surface area contributed by atoms with Gasteiger partial charge in [0.15, 0.2) is 0 Å². The Morgan fingerprint density at radius 2 is 1.06 bits per heavy atom. The lowest BCUT2D eigenvalue weighted by atomic mass is 9.99. The summed E-state index contributed by atoms with van der Waals surface area (Å²) in [6.07, 6.45) is 10.9. The predicted octanol–water partition coefficient (Wildman–Crippen LogP) is 8.95. The van der Waals surface area contributed by atoms with Gasteiger partial charge in [-0.2, -0.15) is 0 Å². The second kappa shape index (κ2) is 25.8. The van der Waals surface area contributed by atoms with Crippen molar-refractivity contribution in [2.45, 2.75) is 114 Å². The summed E-state index contributed by atoms with van der Waals surface area (Å²) >= 11 is 0. The Bertz CT molecular complexity index is 457. The number of benzene rings is 1. The van der Waals surface area contributed by atoms with E-state index in [1.807, 2.05) is 41.5 Å². The van der Waals surface area contributed by atoms with Gasteiger partial charge in [-0.05, 0) is 108 Å². The largest absolute Gasteiger partial charge is 0.303 e. The van der Waals surface area contributed by atoms with Crippen LogP contribution in [0.1, 0.15) is 113 Å². The summed E-state index contributed by atoms with van der Waals surface area (Å²) in [7, 11) is 0. The van der Waals surface area contributed by atoms with Crippen molar-refractivity contribution >= 4 is 0 Å². The molecule has 2 saturated heterocycles. The van der Waals surface area contributed by atoms with E-state index in [9.17, 15) is 0 Å². The first-order valence-corrected chi connectivity index (χ1v) is 14.7. The Balaban J connectivity index is 0. The summed E-state index contributed by atoms with van der Waals surface area (Å²) in [6, 6.07) is 10.9. The lowest BCUT2D eigenvalue weighted by Gasteiger charge is -2.30. The zero-order valence-corrected chi connectivity index (χ0v) is 24.3. The molecule has 0 saturated carbocycles. The van der Waals surface area contributed by atoms with Gasteiger partial charge in [0, 0.05) is 0 Å². The maximum atomic E-state index is 2.64. The molecule has 2 heteroatoms.